The fourth-order valence-corrected chi connectivity index (χ4v) is 2.86. The van der Waals surface area contributed by atoms with E-state index < -0.39 is 0 Å². The first kappa shape index (κ1) is 14.9. The van der Waals surface area contributed by atoms with E-state index in [0.29, 0.717) is 6.04 Å². The summed E-state index contributed by atoms with van der Waals surface area (Å²) >= 11 is 0. The number of carbonyl (C=O) groups excluding carboxylic acids is 1. The van der Waals surface area contributed by atoms with Crippen LogP contribution in [0.5, 0.6) is 0 Å². The number of amides is 1. The molecule has 2 rings (SSSR count). The Balaban J connectivity index is 1.92. The van der Waals surface area contributed by atoms with Crippen molar-refractivity contribution in [1.82, 2.24) is 5.32 Å². The molecule has 0 aromatic heterocycles. The lowest BCUT2D eigenvalue weighted by atomic mass is 9.87. The summed E-state index contributed by atoms with van der Waals surface area (Å²) in [6.07, 6.45) is 5.16. The third-order valence-electron chi connectivity index (χ3n) is 3.87. The van der Waals surface area contributed by atoms with Crippen LogP contribution in [0, 0.1) is 5.92 Å². The summed E-state index contributed by atoms with van der Waals surface area (Å²) in [5.41, 5.74) is 1.84. The molecule has 2 N–H and O–H groups in total. The number of benzene rings is 1. The summed E-state index contributed by atoms with van der Waals surface area (Å²) in [7, 11) is 0. The zero-order valence-electron chi connectivity index (χ0n) is 12.8. The third kappa shape index (κ3) is 4.26. The summed E-state index contributed by atoms with van der Waals surface area (Å²) in [6, 6.07) is 8.56. The minimum atomic E-state index is -0.00200. The maximum absolute atomic E-state index is 11.9. The maximum atomic E-state index is 11.9. The summed E-state index contributed by atoms with van der Waals surface area (Å²) in [5, 5.41) is 6.49. The van der Waals surface area contributed by atoms with Crippen LogP contribution in [-0.4, -0.2) is 18.0 Å². The number of carbonyl (C=O) groups is 1. The van der Waals surface area contributed by atoms with E-state index in [9.17, 15) is 4.79 Å². The summed E-state index contributed by atoms with van der Waals surface area (Å²) in [5.74, 6) is 0.815. The Morgan fingerprint density at radius 2 is 1.90 bits per heavy atom. The van der Waals surface area contributed by atoms with Gasteiger partial charge >= 0.3 is 0 Å². The van der Waals surface area contributed by atoms with Crippen molar-refractivity contribution in [2.75, 3.05) is 5.32 Å². The lowest BCUT2D eigenvalue weighted by Gasteiger charge is -2.28. The molecule has 1 aromatic rings. The molecule has 0 aliphatic heterocycles. The molecule has 110 valence electrons. The van der Waals surface area contributed by atoms with Crippen molar-refractivity contribution in [3.63, 3.8) is 0 Å². The van der Waals surface area contributed by atoms with Gasteiger partial charge in [-0.25, -0.2) is 0 Å². The number of anilines is 1. The van der Waals surface area contributed by atoms with Gasteiger partial charge in [0.25, 0.3) is 5.91 Å². The Morgan fingerprint density at radius 1 is 1.20 bits per heavy atom. The van der Waals surface area contributed by atoms with E-state index in [4.69, 9.17) is 0 Å². The first-order valence-electron chi connectivity index (χ1n) is 7.72. The monoisotopic (exact) mass is 274 g/mol. The van der Waals surface area contributed by atoms with Gasteiger partial charge in [0.05, 0.1) is 0 Å². The predicted molar refractivity (Wildman–Crippen MR) is 84.1 cm³/mol. The second kappa shape index (κ2) is 6.78. The zero-order valence-corrected chi connectivity index (χ0v) is 12.8. The van der Waals surface area contributed by atoms with Gasteiger partial charge in [-0.15, -0.1) is 0 Å². The molecule has 0 spiro atoms. The van der Waals surface area contributed by atoms with Crippen LogP contribution < -0.4 is 10.6 Å². The minimum absolute atomic E-state index is 0.00200. The molecule has 2 unspecified atom stereocenters. The van der Waals surface area contributed by atoms with E-state index in [0.717, 1.165) is 17.2 Å². The molecule has 1 aromatic carbocycles. The number of nitrogens with one attached hydrogen (secondary N) is 2. The Labute approximate surface area is 122 Å². The van der Waals surface area contributed by atoms with Crippen molar-refractivity contribution in [3.05, 3.63) is 29.8 Å². The van der Waals surface area contributed by atoms with Gasteiger partial charge in [0.15, 0.2) is 0 Å². The quantitative estimate of drug-likeness (QED) is 0.876. The molecule has 1 saturated carbocycles. The molecule has 2 atom stereocenters. The molecule has 3 heteroatoms. The number of hydrogen-bond donors (Lipinski definition) is 2. The highest BCUT2D eigenvalue weighted by atomic mass is 16.1. The predicted octanol–water partition coefficient (Wildman–Crippen LogP) is 3.82. The Morgan fingerprint density at radius 3 is 2.50 bits per heavy atom. The highest BCUT2D eigenvalue weighted by molar-refractivity contribution is 5.94. The molecule has 1 fully saturated rings. The van der Waals surface area contributed by atoms with Gasteiger partial charge in [-0.2, -0.15) is 0 Å². The van der Waals surface area contributed by atoms with Crippen LogP contribution in [0.2, 0.25) is 0 Å². The van der Waals surface area contributed by atoms with E-state index in [1.807, 2.05) is 38.1 Å². The van der Waals surface area contributed by atoms with Crippen LogP contribution in [0.15, 0.2) is 24.3 Å². The van der Waals surface area contributed by atoms with Gasteiger partial charge in [-0.05, 0) is 56.9 Å². The minimum Gasteiger partial charge on any atom is -0.382 e. The van der Waals surface area contributed by atoms with Crippen molar-refractivity contribution in [3.8, 4) is 0 Å². The largest absolute Gasteiger partial charge is 0.382 e. The smallest absolute Gasteiger partial charge is 0.251 e. The van der Waals surface area contributed by atoms with E-state index in [1.165, 1.54) is 25.7 Å². The second-order valence-electron chi connectivity index (χ2n) is 6.32. The molecular formula is C17H26N2O. The average molecular weight is 274 g/mol. The summed E-state index contributed by atoms with van der Waals surface area (Å²) in [6.45, 7) is 6.27. The van der Waals surface area contributed by atoms with Crippen molar-refractivity contribution in [1.29, 1.82) is 0 Å². The second-order valence-corrected chi connectivity index (χ2v) is 6.32. The normalized spacial score (nSPS) is 22.6. The van der Waals surface area contributed by atoms with Crippen molar-refractivity contribution >= 4 is 11.6 Å². The lowest BCUT2D eigenvalue weighted by molar-refractivity contribution is 0.0943. The summed E-state index contributed by atoms with van der Waals surface area (Å²) in [4.78, 5) is 11.9. The molecule has 20 heavy (non-hydrogen) atoms. The molecule has 1 aliphatic carbocycles. The third-order valence-corrected chi connectivity index (χ3v) is 3.87. The van der Waals surface area contributed by atoms with Crippen LogP contribution in [0.3, 0.4) is 0 Å². The van der Waals surface area contributed by atoms with E-state index in [1.54, 1.807) is 0 Å². The van der Waals surface area contributed by atoms with Gasteiger partial charge < -0.3 is 10.6 Å². The molecule has 0 heterocycles. The number of rotatable bonds is 4. The first-order chi connectivity index (χ1) is 9.54. The SMILES string of the molecule is CC1CCCC(Nc2ccc(C(=O)NC(C)C)cc2)C1. The zero-order chi connectivity index (χ0) is 14.5. The van der Waals surface area contributed by atoms with Gasteiger partial charge in [-0.1, -0.05) is 19.8 Å². The van der Waals surface area contributed by atoms with Gasteiger partial charge in [0.2, 0.25) is 0 Å². The lowest BCUT2D eigenvalue weighted by Crippen LogP contribution is -2.30. The topological polar surface area (TPSA) is 41.1 Å². The van der Waals surface area contributed by atoms with E-state index in [-0.39, 0.29) is 11.9 Å². The van der Waals surface area contributed by atoms with E-state index in [2.05, 4.69) is 17.6 Å². The molecule has 1 amide bonds. The van der Waals surface area contributed by atoms with Crippen LogP contribution in [0.1, 0.15) is 56.8 Å². The standard InChI is InChI=1S/C17H26N2O/c1-12(2)18-17(20)14-7-9-15(10-8-14)19-16-6-4-5-13(3)11-16/h7-10,12-13,16,19H,4-6,11H2,1-3H3,(H,18,20). The molecule has 0 saturated heterocycles. The van der Waals surface area contributed by atoms with Crippen LogP contribution in [0.25, 0.3) is 0 Å². The molecule has 3 nitrogen and oxygen atoms in total. The first-order valence-corrected chi connectivity index (χ1v) is 7.72. The average Bonchev–Trinajstić information content (AvgIpc) is 2.38. The Hall–Kier alpha value is -1.51. The molecular weight excluding hydrogens is 248 g/mol. The highest BCUT2D eigenvalue weighted by Crippen LogP contribution is 2.26. The van der Waals surface area contributed by atoms with Crippen LogP contribution in [-0.2, 0) is 0 Å². The van der Waals surface area contributed by atoms with Crippen molar-refractivity contribution < 1.29 is 4.79 Å². The van der Waals surface area contributed by atoms with E-state index >= 15 is 0 Å². The van der Waals surface area contributed by atoms with Gasteiger partial charge in [-0.3, -0.25) is 4.79 Å². The van der Waals surface area contributed by atoms with Crippen molar-refractivity contribution in [2.24, 2.45) is 5.92 Å². The fourth-order valence-electron chi connectivity index (χ4n) is 2.86. The van der Waals surface area contributed by atoms with Gasteiger partial charge in [0.1, 0.15) is 0 Å². The molecule has 0 radical (unpaired) electrons. The van der Waals surface area contributed by atoms with Crippen LogP contribution >= 0.6 is 0 Å². The fraction of sp³-hybridized carbons (Fsp3) is 0.588. The van der Waals surface area contributed by atoms with Gasteiger partial charge in [0, 0.05) is 23.3 Å². The Kier molecular flexibility index (Phi) is 5.05. The summed E-state index contributed by atoms with van der Waals surface area (Å²) < 4.78 is 0. The molecule has 0 bridgehead atoms. The molecule has 1 aliphatic rings. The Bertz CT molecular complexity index is 439. The number of hydrogen-bond acceptors (Lipinski definition) is 2. The van der Waals surface area contributed by atoms with Crippen molar-refractivity contribution in [2.45, 2.75) is 58.5 Å². The maximum Gasteiger partial charge on any atom is 0.251 e. The highest BCUT2D eigenvalue weighted by Gasteiger charge is 2.18. The van der Waals surface area contributed by atoms with Crippen LogP contribution in [0.4, 0.5) is 5.69 Å².